The molecule has 2 rings (SSSR count). The van der Waals surface area contributed by atoms with Gasteiger partial charge in [0, 0.05) is 11.4 Å². The molecule has 0 amide bonds. The fourth-order valence-electron chi connectivity index (χ4n) is 1.53. The van der Waals surface area contributed by atoms with Crippen molar-refractivity contribution in [3.05, 3.63) is 28.2 Å². The molecular formula is C11H10Cl2N2O. The lowest BCUT2D eigenvalue weighted by atomic mass is 10.3. The Morgan fingerprint density at radius 3 is 2.69 bits per heavy atom. The average molecular weight is 257 g/mol. The monoisotopic (exact) mass is 256 g/mol. The van der Waals surface area contributed by atoms with E-state index in [4.69, 9.17) is 23.2 Å². The van der Waals surface area contributed by atoms with Crippen molar-refractivity contribution >= 4 is 40.4 Å². The summed E-state index contributed by atoms with van der Waals surface area (Å²) >= 11 is 11.7. The largest absolute Gasteiger partial charge is 0.293 e. The van der Waals surface area contributed by atoms with Crippen LogP contribution in [0.3, 0.4) is 0 Å². The van der Waals surface area contributed by atoms with E-state index < -0.39 is 0 Å². The van der Waals surface area contributed by atoms with Gasteiger partial charge in [0.25, 0.3) is 0 Å². The smallest absolute Gasteiger partial charge is 0.178 e. The molecule has 0 atom stereocenters. The molecule has 0 heterocycles. The standard InChI is InChI=1S/C11H10Cl2N2O/c12-7-4-5-9(8(13)6-7)14-15-10-2-1-3-11(10)16/h4-6,14H,1-3H2/b15-10+. The van der Waals surface area contributed by atoms with Crippen molar-refractivity contribution in [2.75, 3.05) is 5.43 Å². The first-order valence-electron chi connectivity index (χ1n) is 4.97. The Bertz CT molecular complexity index is 457. The summed E-state index contributed by atoms with van der Waals surface area (Å²) < 4.78 is 0. The first kappa shape index (κ1) is 11.4. The Labute approximate surface area is 103 Å². The number of Topliss-reactive ketones (excluding diaryl/α,β-unsaturated/α-hetero) is 1. The lowest BCUT2D eigenvalue weighted by molar-refractivity contribution is -0.112. The van der Waals surface area contributed by atoms with Crippen molar-refractivity contribution in [1.29, 1.82) is 0 Å². The van der Waals surface area contributed by atoms with Gasteiger partial charge in [-0.25, -0.2) is 0 Å². The van der Waals surface area contributed by atoms with Crippen molar-refractivity contribution in [3.8, 4) is 0 Å². The van der Waals surface area contributed by atoms with Crippen LogP contribution < -0.4 is 5.43 Å². The first-order valence-corrected chi connectivity index (χ1v) is 5.73. The maximum Gasteiger partial charge on any atom is 0.178 e. The predicted molar refractivity (Wildman–Crippen MR) is 66.4 cm³/mol. The minimum atomic E-state index is 0.109. The maximum absolute atomic E-state index is 11.3. The van der Waals surface area contributed by atoms with E-state index in [0.717, 1.165) is 12.8 Å². The molecule has 0 aromatic heterocycles. The molecule has 84 valence electrons. The van der Waals surface area contributed by atoms with Crippen LogP contribution >= 0.6 is 23.2 Å². The van der Waals surface area contributed by atoms with Gasteiger partial charge in [-0.2, -0.15) is 5.10 Å². The molecule has 0 aliphatic heterocycles. The zero-order valence-electron chi connectivity index (χ0n) is 8.46. The Morgan fingerprint density at radius 2 is 2.06 bits per heavy atom. The van der Waals surface area contributed by atoms with Crippen LogP contribution in [0.5, 0.6) is 0 Å². The molecule has 3 nitrogen and oxygen atoms in total. The van der Waals surface area contributed by atoms with Crippen LogP contribution in [0, 0.1) is 0 Å². The number of hydrogen-bond acceptors (Lipinski definition) is 3. The summed E-state index contributed by atoms with van der Waals surface area (Å²) in [5, 5.41) is 5.11. The molecule has 1 aliphatic rings. The Morgan fingerprint density at radius 1 is 1.25 bits per heavy atom. The molecule has 1 aliphatic carbocycles. The van der Waals surface area contributed by atoms with Gasteiger partial charge < -0.3 is 0 Å². The van der Waals surface area contributed by atoms with Gasteiger partial charge in [-0.1, -0.05) is 23.2 Å². The molecule has 0 radical (unpaired) electrons. The molecule has 0 unspecified atom stereocenters. The van der Waals surface area contributed by atoms with Crippen molar-refractivity contribution < 1.29 is 4.79 Å². The van der Waals surface area contributed by atoms with Gasteiger partial charge >= 0.3 is 0 Å². The molecule has 16 heavy (non-hydrogen) atoms. The summed E-state index contributed by atoms with van der Waals surface area (Å²) in [7, 11) is 0. The van der Waals surface area contributed by atoms with Crippen molar-refractivity contribution in [3.63, 3.8) is 0 Å². The molecule has 0 saturated heterocycles. The zero-order chi connectivity index (χ0) is 11.5. The van der Waals surface area contributed by atoms with E-state index in [-0.39, 0.29) is 5.78 Å². The summed E-state index contributed by atoms with van der Waals surface area (Å²) in [6.07, 6.45) is 2.21. The van der Waals surface area contributed by atoms with Crippen LogP contribution in [0.4, 0.5) is 5.69 Å². The van der Waals surface area contributed by atoms with Crippen molar-refractivity contribution in [1.82, 2.24) is 0 Å². The fraction of sp³-hybridized carbons (Fsp3) is 0.273. The second-order valence-corrected chi connectivity index (χ2v) is 4.41. The van der Waals surface area contributed by atoms with E-state index >= 15 is 0 Å². The number of halogens is 2. The number of carbonyl (C=O) groups excluding carboxylic acids is 1. The van der Waals surface area contributed by atoms with Crippen LogP contribution in [-0.2, 0) is 4.79 Å². The fourth-order valence-corrected chi connectivity index (χ4v) is 1.98. The van der Waals surface area contributed by atoms with E-state index in [1.54, 1.807) is 18.2 Å². The highest BCUT2D eigenvalue weighted by molar-refractivity contribution is 6.41. The van der Waals surface area contributed by atoms with E-state index in [2.05, 4.69) is 10.5 Å². The number of rotatable bonds is 2. The Hall–Kier alpha value is -1.06. The lowest BCUT2D eigenvalue weighted by Crippen LogP contribution is -2.07. The second kappa shape index (κ2) is 4.85. The van der Waals surface area contributed by atoms with Crippen molar-refractivity contribution in [2.24, 2.45) is 5.10 Å². The predicted octanol–water partition coefficient (Wildman–Crippen LogP) is 3.51. The number of nitrogens with zero attached hydrogens (tertiary/aromatic N) is 1. The number of benzene rings is 1. The van der Waals surface area contributed by atoms with Crippen LogP contribution in [0.2, 0.25) is 10.0 Å². The quantitative estimate of drug-likeness (QED) is 0.823. The summed E-state index contributed by atoms with van der Waals surface area (Å²) in [5.74, 6) is 0.109. The summed E-state index contributed by atoms with van der Waals surface area (Å²) in [4.78, 5) is 11.3. The van der Waals surface area contributed by atoms with Gasteiger partial charge in [-0.15, -0.1) is 0 Å². The maximum atomic E-state index is 11.3. The number of hydrogen-bond donors (Lipinski definition) is 1. The highest BCUT2D eigenvalue weighted by atomic mass is 35.5. The lowest BCUT2D eigenvalue weighted by Gasteiger charge is -2.04. The van der Waals surface area contributed by atoms with Crippen LogP contribution in [0.15, 0.2) is 23.3 Å². The highest BCUT2D eigenvalue weighted by Crippen LogP contribution is 2.25. The topological polar surface area (TPSA) is 41.5 Å². The van der Waals surface area contributed by atoms with Crippen LogP contribution in [-0.4, -0.2) is 11.5 Å². The Balaban J connectivity index is 2.12. The number of hydrazone groups is 1. The molecule has 1 fully saturated rings. The van der Waals surface area contributed by atoms with E-state index in [1.807, 2.05) is 0 Å². The van der Waals surface area contributed by atoms with Gasteiger partial charge in [0.05, 0.1) is 10.7 Å². The van der Waals surface area contributed by atoms with Crippen LogP contribution in [0.25, 0.3) is 0 Å². The number of ketones is 1. The normalized spacial score (nSPS) is 18.1. The van der Waals surface area contributed by atoms with Crippen molar-refractivity contribution in [2.45, 2.75) is 19.3 Å². The summed E-state index contributed by atoms with van der Waals surface area (Å²) in [5.41, 5.74) is 4.03. The first-order chi connectivity index (χ1) is 7.66. The number of carbonyl (C=O) groups is 1. The van der Waals surface area contributed by atoms with Crippen LogP contribution in [0.1, 0.15) is 19.3 Å². The second-order valence-electron chi connectivity index (χ2n) is 3.57. The molecule has 0 spiro atoms. The molecule has 0 bridgehead atoms. The van der Waals surface area contributed by atoms with E-state index in [9.17, 15) is 4.79 Å². The average Bonchev–Trinajstić information content (AvgIpc) is 2.63. The van der Waals surface area contributed by atoms with Gasteiger partial charge in [0.1, 0.15) is 5.71 Å². The minimum Gasteiger partial charge on any atom is -0.293 e. The zero-order valence-corrected chi connectivity index (χ0v) is 9.98. The molecule has 1 saturated carbocycles. The molecule has 1 aromatic carbocycles. The molecule has 1 aromatic rings. The molecule has 1 N–H and O–H groups in total. The minimum absolute atomic E-state index is 0.109. The van der Waals surface area contributed by atoms with E-state index in [1.165, 1.54) is 0 Å². The number of anilines is 1. The van der Waals surface area contributed by atoms with Gasteiger partial charge in [-0.05, 0) is 31.0 Å². The Kier molecular flexibility index (Phi) is 3.46. The van der Waals surface area contributed by atoms with E-state index in [0.29, 0.717) is 27.9 Å². The molecule has 5 heteroatoms. The molecular weight excluding hydrogens is 247 g/mol. The number of nitrogens with one attached hydrogen (secondary N) is 1. The third kappa shape index (κ3) is 2.54. The SMILES string of the molecule is O=C1CCC/C1=N\Nc1ccc(Cl)cc1Cl. The van der Waals surface area contributed by atoms with Gasteiger partial charge in [-0.3, -0.25) is 10.2 Å². The summed E-state index contributed by atoms with van der Waals surface area (Å²) in [6.45, 7) is 0. The van der Waals surface area contributed by atoms with Gasteiger partial charge in [0.2, 0.25) is 0 Å². The summed E-state index contributed by atoms with van der Waals surface area (Å²) in [6, 6.07) is 5.07. The van der Waals surface area contributed by atoms with Gasteiger partial charge in [0.15, 0.2) is 5.78 Å². The third-order valence-electron chi connectivity index (χ3n) is 2.38. The third-order valence-corrected chi connectivity index (χ3v) is 2.93. The highest BCUT2D eigenvalue weighted by Gasteiger charge is 2.18.